The molecule has 2 aromatic carbocycles. The van der Waals surface area contributed by atoms with Gasteiger partial charge >= 0.3 is 5.76 Å². The molecule has 0 amide bonds. The fourth-order valence-electron chi connectivity index (χ4n) is 2.20. The maximum Gasteiger partial charge on any atom is 0.437 e. The first-order valence-electron chi connectivity index (χ1n) is 6.81. The van der Waals surface area contributed by atoms with Crippen LogP contribution < -0.4 is 5.76 Å². The molecular formula is C16H12F2N2O3. The van der Waals surface area contributed by atoms with E-state index in [2.05, 4.69) is 5.10 Å². The number of halogens is 2. The van der Waals surface area contributed by atoms with Crippen LogP contribution in [0.5, 0.6) is 0 Å². The second kappa shape index (κ2) is 6.13. The van der Waals surface area contributed by atoms with E-state index >= 15 is 0 Å². The SMILES string of the molecule is O=c1oc(-c2ccccc2)nn1C[C@@H](O)c1c(F)cccc1F. The van der Waals surface area contributed by atoms with Crippen LogP contribution in [0.1, 0.15) is 11.7 Å². The van der Waals surface area contributed by atoms with Crippen molar-refractivity contribution < 1.29 is 18.3 Å². The highest BCUT2D eigenvalue weighted by molar-refractivity contribution is 5.51. The van der Waals surface area contributed by atoms with Crippen LogP contribution in [-0.4, -0.2) is 14.9 Å². The summed E-state index contributed by atoms with van der Waals surface area (Å²) in [5.41, 5.74) is 0.0681. The number of benzene rings is 2. The molecule has 0 aliphatic rings. The quantitative estimate of drug-likeness (QED) is 0.802. The van der Waals surface area contributed by atoms with Gasteiger partial charge in [0.2, 0.25) is 5.89 Å². The van der Waals surface area contributed by atoms with Crippen molar-refractivity contribution in [1.29, 1.82) is 0 Å². The highest BCUT2D eigenvalue weighted by Crippen LogP contribution is 2.22. The minimum atomic E-state index is -1.57. The normalized spacial score (nSPS) is 12.3. The number of nitrogens with zero attached hydrogens (tertiary/aromatic N) is 2. The van der Waals surface area contributed by atoms with Gasteiger partial charge in [-0.25, -0.2) is 13.6 Å². The van der Waals surface area contributed by atoms with Crippen LogP contribution in [0.25, 0.3) is 11.5 Å². The van der Waals surface area contributed by atoms with E-state index in [-0.39, 0.29) is 5.89 Å². The molecule has 0 saturated heterocycles. The van der Waals surface area contributed by atoms with Crippen molar-refractivity contribution in [2.24, 2.45) is 0 Å². The van der Waals surface area contributed by atoms with Crippen molar-refractivity contribution in [2.45, 2.75) is 12.6 Å². The van der Waals surface area contributed by atoms with Gasteiger partial charge in [-0.15, -0.1) is 5.10 Å². The molecule has 1 aromatic heterocycles. The maximum atomic E-state index is 13.6. The Labute approximate surface area is 129 Å². The molecule has 7 heteroatoms. The lowest BCUT2D eigenvalue weighted by Gasteiger charge is -2.11. The molecule has 3 aromatic rings. The fraction of sp³-hybridized carbons (Fsp3) is 0.125. The third kappa shape index (κ3) is 3.04. The predicted octanol–water partition coefficient (Wildman–Crippen LogP) is 2.52. The molecule has 0 aliphatic heterocycles. The average molecular weight is 318 g/mol. The Hall–Kier alpha value is -2.80. The van der Waals surface area contributed by atoms with Gasteiger partial charge in [0.25, 0.3) is 0 Å². The molecule has 5 nitrogen and oxygen atoms in total. The summed E-state index contributed by atoms with van der Waals surface area (Å²) in [6.45, 7) is -0.424. The van der Waals surface area contributed by atoms with Gasteiger partial charge in [-0.1, -0.05) is 24.3 Å². The molecular weight excluding hydrogens is 306 g/mol. The van der Waals surface area contributed by atoms with E-state index in [4.69, 9.17) is 4.42 Å². The number of rotatable bonds is 4. The smallest absolute Gasteiger partial charge is 0.388 e. The summed E-state index contributed by atoms with van der Waals surface area (Å²) >= 11 is 0. The molecule has 0 bridgehead atoms. The standard InChI is InChI=1S/C16H12F2N2O3/c17-11-7-4-8-12(18)14(11)13(21)9-20-16(22)23-15(19-20)10-5-2-1-3-6-10/h1-8,13,21H,9H2/t13-/m1/s1. The van der Waals surface area contributed by atoms with Crippen LogP contribution in [0.3, 0.4) is 0 Å². The molecule has 1 heterocycles. The largest absolute Gasteiger partial charge is 0.437 e. The van der Waals surface area contributed by atoms with Gasteiger partial charge in [0.05, 0.1) is 12.1 Å². The van der Waals surface area contributed by atoms with E-state index in [1.54, 1.807) is 30.3 Å². The molecule has 0 spiro atoms. The fourth-order valence-corrected chi connectivity index (χ4v) is 2.20. The summed E-state index contributed by atoms with van der Waals surface area (Å²) < 4.78 is 33.1. The minimum Gasteiger partial charge on any atom is -0.388 e. The molecule has 1 atom stereocenters. The Morgan fingerprint density at radius 2 is 1.74 bits per heavy atom. The lowest BCUT2D eigenvalue weighted by atomic mass is 10.1. The molecule has 0 aliphatic carbocycles. The lowest BCUT2D eigenvalue weighted by molar-refractivity contribution is 0.139. The molecule has 0 unspecified atom stereocenters. The van der Waals surface area contributed by atoms with Crippen LogP contribution in [0.4, 0.5) is 8.78 Å². The minimum absolute atomic E-state index is 0.0665. The molecule has 0 fully saturated rings. The van der Waals surface area contributed by atoms with E-state index in [0.717, 1.165) is 16.8 Å². The third-order valence-electron chi connectivity index (χ3n) is 3.31. The van der Waals surface area contributed by atoms with Gasteiger partial charge in [0.1, 0.15) is 17.7 Å². The monoisotopic (exact) mass is 318 g/mol. The first-order valence-corrected chi connectivity index (χ1v) is 6.81. The molecule has 0 saturated carbocycles. The first-order chi connectivity index (χ1) is 11.1. The molecule has 3 rings (SSSR count). The predicted molar refractivity (Wildman–Crippen MR) is 77.5 cm³/mol. The molecule has 118 valence electrons. The molecule has 23 heavy (non-hydrogen) atoms. The van der Waals surface area contributed by atoms with Gasteiger partial charge < -0.3 is 9.52 Å². The number of hydrogen-bond donors (Lipinski definition) is 1. The summed E-state index contributed by atoms with van der Waals surface area (Å²) in [7, 11) is 0. The first kappa shape index (κ1) is 15.1. The van der Waals surface area contributed by atoms with Crippen LogP contribution in [0.2, 0.25) is 0 Å². The second-order valence-electron chi connectivity index (χ2n) is 4.87. The average Bonchev–Trinajstić information content (AvgIpc) is 2.89. The van der Waals surface area contributed by atoms with Gasteiger partial charge in [0, 0.05) is 5.56 Å². The number of aliphatic hydroxyl groups excluding tert-OH is 1. The van der Waals surface area contributed by atoms with Crippen LogP contribution in [0, 0.1) is 11.6 Å². The van der Waals surface area contributed by atoms with Gasteiger partial charge in [-0.2, -0.15) is 4.68 Å². The Kier molecular flexibility index (Phi) is 4.03. The van der Waals surface area contributed by atoms with E-state index in [1.807, 2.05) is 0 Å². The Morgan fingerprint density at radius 3 is 2.39 bits per heavy atom. The Bertz CT molecular complexity index is 854. The van der Waals surface area contributed by atoms with Crippen molar-refractivity contribution in [3.8, 4) is 11.5 Å². The zero-order chi connectivity index (χ0) is 16.4. The highest BCUT2D eigenvalue weighted by Gasteiger charge is 2.20. The number of aromatic nitrogens is 2. The second-order valence-corrected chi connectivity index (χ2v) is 4.87. The summed E-state index contributed by atoms with van der Waals surface area (Å²) in [6, 6.07) is 11.9. The van der Waals surface area contributed by atoms with Gasteiger partial charge in [-0.05, 0) is 24.3 Å². The molecule has 1 N–H and O–H groups in total. The number of aliphatic hydroxyl groups is 1. The summed E-state index contributed by atoms with van der Waals surface area (Å²) in [5.74, 6) is -2.54. The summed E-state index contributed by atoms with van der Waals surface area (Å²) in [4.78, 5) is 11.8. The topological polar surface area (TPSA) is 68.3 Å². The summed E-state index contributed by atoms with van der Waals surface area (Å²) in [6.07, 6.45) is -1.57. The third-order valence-corrected chi connectivity index (χ3v) is 3.31. The van der Waals surface area contributed by atoms with E-state index < -0.39 is 35.6 Å². The summed E-state index contributed by atoms with van der Waals surface area (Å²) in [5, 5.41) is 14.0. The van der Waals surface area contributed by atoms with Crippen molar-refractivity contribution in [3.63, 3.8) is 0 Å². The Balaban J connectivity index is 1.89. The van der Waals surface area contributed by atoms with E-state index in [0.29, 0.717) is 5.56 Å². The lowest BCUT2D eigenvalue weighted by Crippen LogP contribution is -2.21. The highest BCUT2D eigenvalue weighted by atomic mass is 19.1. The van der Waals surface area contributed by atoms with E-state index in [1.165, 1.54) is 6.07 Å². The zero-order valence-corrected chi connectivity index (χ0v) is 11.8. The van der Waals surface area contributed by atoms with Crippen molar-refractivity contribution in [2.75, 3.05) is 0 Å². The van der Waals surface area contributed by atoms with Crippen LogP contribution in [0.15, 0.2) is 57.7 Å². The van der Waals surface area contributed by atoms with Crippen molar-refractivity contribution >= 4 is 0 Å². The van der Waals surface area contributed by atoms with Crippen molar-refractivity contribution in [3.05, 3.63) is 76.3 Å². The van der Waals surface area contributed by atoms with Gasteiger partial charge in [0.15, 0.2) is 0 Å². The van der Waals surface area contributed by atoms with Crippen LogP contribution >= 0.6 is 0 Å². The Morgan fingerprint density at radius 1 is 1.09 bits per heavy atom. The molecule has 0 radical (unpaired) electrons. The van der Waals surface area contributed by atoms with Crippen LogP contribution in [-0.2, 0) is 6.54 Å². The zero-order valence-electron chi connectivity index (χ0n) is 11.8. The van der Waals surface area contributed by atoms with E-state index in [9.17, 15) is 18.7 Å². The number of hydrogen-bond acceptors (Lipinski definition) is 4. The van der Waals surface area contributed by atoms with Gasteiger partial charge in [-0.3, -0.25) is 0 Å². The van der Waals surface area contributed by atoms with Crippen molar-refractivity contribution in [1.82, 2.24) is 9.78 Å². The maximum absolute atomic E-state index is 13.6.